The van der Waals surface area contributed by atoms with Crippen LogP contribution in [0.15, 0.2) is 23.0 Å². The molecule has 1 aliphatic rings. The molecule has 3 nitrogen and oxygen atoms in total. The molecule has 70 valence electrons. The average molecular weight is 180 g/mol. The van der Waals surface area contributed by atoms with Crippen molar-refractivity contribution < 1.29 is 13.9 Å². The van der Waals surface area contributed by atoms with E-state index in [2.05, 4.69) is 0 Å². The van der Waals surface area contributed by atoms with Gasteiger partial charge in [-0.1, -0.05) is 0 Å². The molecule has 1 unspecified atom stereocenters. The normalized spacial score (nSPS) is 22.0. The van der Waals surface area contributed by atoms with Crippen molar-refractivity contribution in [1.82, 2.24) is 0 Å². The van der Waals surface area contributed by atoms with Crippen molar-refractivity contribution in [3.63, 3.8) is 0 Å². The van der Waals surface area contributed by atoms with Crippen molar-refractivity contribution in [2.45, 2.75) is 12.8 Å². The van der Waals surface area contributed by atoms with Crippen LogP contribution < -0.4 is 0 Å². The van der Waals surface area contributed by atoms with E-state index in [9.17, 15) is 4.79 Å². The highest BCUT2D eigenvalue weighted by atomic mass is 16.5. The third kappa shape index (κ3) is 1.98. The molecule has 0 aromatic carbocycles. The molecule has 0 radical (unpaired) electrons. The van der Waals surface area contributed by atoms with Crippen molar-refractivity contribution in [1.29, 1.82) is 0 Å². The van der Waals surface area contributed by atoms with Crippen molar-refractivity contribution in [2.75, 3.05) is 13.2 Å². The second-order valence-corrected chi connectivity index (χ2v) is 3.37. The maximum absolute atomic E-state index is 11.5. The Morgan fingerprint density at radius 3 is 3.15 bits per heavy atom. The molecular formula is C10H12O3. The van der Waals surface area contributed by atoms with E-state index in [1.165, 1.54) is 12.5 Å². The van der Waals surface area contributed by atoms with Crippen LogP contribution in [0.2, 0.25) is 0 Å². The molecule has 0 bridgehead atoms. The predicted octanol–water partition coefficient (Wildman–Crippen LogP) is 1.89. The first-order chi connectivity index (χ1) is 6.36. The second-order valence-electron chi connectivity index (χ2n) is 3.37. The maximum Gasteiger partial charge on any atom is 0.166 e. The van der Waals surface area contributed by atoms with E-state index in [-0.39, 0.29) is 5.78 Å². The van der Waals surface area contributed by atoms with Crippen LogP contribution in [0.5, 0.6) is 0 Å². The number of furan rings is 1. The highest BCUT2D eigenvalue weighted by Gasteiger charge is 2.20. The summed E-state index contributed by atoms with van der Waals surface area (Å²) in [5.74, 6) is 0.562. The first-order valence-electron chi connectivity index (χ1n) is 4.49. The Morgan fingerprint density at radius 2 is 2.54 bits per heavy atom. The van der Waals surface area contributed by atoms with Gasteiger partial charge in [0.2, 0.25) is 0 Å². The van der Waals surface area contributed by atoms with E-state index in [0.29, 0.717) is 17.9 Å². The minimum atomic E-state index is 0.157. The van der Waals surface area contributed by atoms with E-state index in [0.717, 1.165) is 19.6 Å². The topological polar surface area (TPSA) is 39.4 Å². The lowest BCUT2D eigenvalue weighted by atomic mass is 9.99. The van der Waals surface area contributed by atoms with Gasteiger partial charge in [-0.2, -0.15) is 0 Å². The summed E-state index contributed by atoms with van der Waals surface area (Å²) in [5, 5.41) is 0. The van der Waals surface area contributed by atoms with Gasteiger partial charge in [0.1, 0.15) is 6.26 Å². The van der Waals surface area contributed by atoms with Crippen LogP contribution in [0.1, 0.15) is 23.2 Å². The van der Waals surface area contributed by atoms with Crippen molar-refractivity contribution >= 4 is 5.78 Å². The van der Waals surface area contributed by atoms with Gasteiger partial charge < -0.3 is 9.15 Å². The largest absolute Gasteiger partial charge is 0.472 e. The lowest BCUT2D eigenvalue weighted by Crippen LogP contribution is -2.07. The van der Waals surface area contributed by atoms with E-state index in [1.54, 1.807) is 6.07 Å². The summed E-state index contributed by atoms with van der Waals surface area (Å²) in [6.45, 7) is 1.52. The highest BCUT2D eigenvalue weighted by Crippen LogP contribution is 2.18. The number of rotatable bonds is 3. The molecule has 1 aromatic heterocycles. The number of hydrogen-bond donors (Lipinski definition) is 0. The van der Waals surface area contributed by atoms with E-state index in [1.807, 2.05) is 0 Å². The summed E-state index contributed by atoms with van der Waals surface area (Å²) < 4.78 is 10.0. The third-order valence-corrected chi connectivity index (χ3v) is 2.34. The molecule has 0 aliphatic carbocycles. The summed E-state index contributed by atoms with van der Waals surface area (Å²) in [6, 6.07) is 1.71. The third-order valence-electron chi connectivity index (χ3n) is 2.34. The van der Waals surface area contributed by atoms with E-state index in [4.69, 9.17) is 9.15 Å². The SMILES string of the molecule is O=C(CC1CCOC1)c1ccoc1. The number of carbonyl (C=O) groups excluding carboxylic acids is 1. The molecule has 3 heteroatoms. The quantitative estimate of drug-likeness (QED) is 0.667. The Bertz CT molecular complexity index is 270. The molecule has 0 N–H and O–H groups in total. The lowest BCUT2D eigenvalue weighted by molar-refractivity contribution is 0.0952. The number of carbonyl (C=O) groups is 1. The van der Waals surface area contributed by atoms with Crippen LogP contribution in [0.25, 0.3) is 0 Å². The molecule has 13 heavy (non-hydrogen) atoms. The molecule has 1 fully saturated rings. The van der Waals surface area contributed by atoms with E-state index < -0.39 is 0 Å². The zero-order chi connectivity index (χ0) is 9.10. The maximum atomic E-state index is 11.5. The smallest absolute Gasteiger partial charge is 0.166 e. The molecule has 1 saturated heterocycles. The Hall–Kier alpha value is -1.09. The molecular weight excluding hydrogens is 168 g/mol. The second kappa shape index (κ2) is 3.75. The zero-order valence-corrected chi connectivity index (χ0v) is 7.36. The summed E-state index contributed by atoms with van der Waals surface area (Å²) in [7, 11) is 0. The lowest BCUT2D eigenvalue weighted by Gasteiger charge is -2.03. The Kier molecular flexibility index (Phi) is 2.45. The number of hydrogen-bond acceptors (Lipinski definition) is 3. The molecule has 2 rings (SSSR count). The minimum absolute atomic E-state index is 0.157. The van der Waals surface area contributed by atoms with Crippen molar-refractivity contribution in [2.24, 2.45) is 5.92 Å². The summed E-state index contributed by atoms with van der Waals surface area (Å²) in [5.41, 5.74) is 0.673. The predicted molar refractivity (Wildman–Crippen MR) is 46.6 cm³/mol. The average Bonchev–Trinajstić information content (AvgIpc) is 2.74. The van der Waals surface area contributed by atoms with Crippen LogP contribution in [-0.2, 0) is 4.74 Å². The summed E-state index contributed by atoms with van der Waals surface area (Å²) >= 11 is 0. The van der Waals surface area contributed by atoms with Crippen LogP contribution in [0.4, 0.5) is 0 Å². The molecule has 0 amide bonds. The van der Waals surface area contributed by atoms with Gasteiger partial charge in [-0.3, -0.25) is 4.79 Å². The molecule has 1 aromatic rings. The number of Topliss-reactive ketones (excluding diaryl/α,β-unsaturated/α-hetero) is 1. The first kappa shape index (κ1) is 8.51. The standard InChI is InChI=1S/C10H12O3/c11-10(9-2-4-13-7-9)5-8-1-3-12-6-8/h2,4,7-8H,1,3,5-6H2. The van der Waals surface area contributed by atoms with Gasteiger partial charge >= 0.3 is 0 Å². The van der Waals surface area contributed by atoms with Crippen LogP contribution in [0, 0.1) is 5.92 Å². The van der Waals surface area contributed by atoms with Gasteiger partial charge in [-0.15, -0.1) is 0 Å². The van der Waals surface area contributed by atoms with Gasteiger partial charge in [0.15, 0.2) is 5.78 Å². The van der Waals surface area contributed by atoms with Crippen LogP contribution >= 0.6 is 0 Å². The van der Waals surface area contributed by atoms with E-state index >= 15 is 0 Å². The fourth-order valence-electron chi connectivity index (χ4n) is 1.55. The fourth-order valence-corrected chi connectivity index (χ4v) is 1.55. The van der Waals surface area contributed by atoms with Gasteiger partial charge in [0, 0.05) is 19.6 Å². The summed E-state index contributed by atoms with van der Waals surface area (Å²) in [4.78, 5) is 11.5. The Morgan fingerprint density at radius 1 is 1.62 bits per heavy atom. The highest BCUT2D eigenvalue weighted by molar-refractivity contribution is 5.95. The zero-order valence-electron chi connectivity index (χ0n) is 7.36. The monoisotopic (exact) mass is 180 g/mol. The molecule has 1 aliphatic heterocycles. The van der Waals surface area contributed by atoms with Gasteiger partial charge in [0.25, 0.3) is 0 Å². The minimum Gasteiger partial charge on any atom is -0.472 e. The van der Waals surface area contributed by atoms with Gasteiger partial charge in [-0.25, -0.2) is 0 Å². The fraction of sp³-hybridized carbons (Fsp3) is 0.500. The molecule has 0 saturated carbocycles. The Labute approximate surface area is 76.7 Å². The first-order valence-corrected chi connectivity index (χ1v) is 4.49. The van der Waals surface area contributed by atoms with Crippen LogP contribution in [0.3, 0.4) is 0 Å². The molecule has 2 heterocycles. The van der Waals surface area contributed by atoms with Crippen molar-refractivity contribution in [3.05, 3.63) is 24.2 Å². The van der Waals surface area contributed by atoms with Crippen LogP contribution in [-0.4, -0.2) is 19.0 Å². The molecule has 1 atom stereocenters. The Balaban J connectivity index is 1.91. The molecule has 0 spiro atoms. The van der Waals surface area contributed by atoms with Crippen molar-refractivity contribution in [3.8, 4) is 0 Å². The van der Waals surface area contributed by atoms with Gasteiger partial charge in [-0.05, 0) is 18.4 Å². The summed E-state index contributed by atoms with van der Waals surface area (Å²) in [6.07, 6.45) is 4.61. The number of ether oxygens (including phenoxy) is 1. The number of ketones is 1. The van der Waals surface area contributed by atoms with Gasteiger partial charge in [0.05, 0.1) is 11.8 Å².